The molecule has 6 heteroatoms. The zero-order valence-corrected chi connectivity index (χ0v) is 14.1. The van der Waals surface area contributed by atoms with Crippen molar-refractivity contribution < 1.29 is 9.52 Å². The Morgan fingerprint density at radius 2 is 2.08 bits per heavy atom. The molecule has 126 valence electrons. The molecular weight excluding hydrogens is 326 g/mol. The van der Waals surface area contributed by atoms with Gasteiger partial charge in [0.2, 0.25) is 5.76 Å². The van der Waals surface area contributed by atoms with Gasteiger partial charge in [-0.05, 0) is 49.1 Å². The van der Waals surface area contributed by atoms with Crippen molar-refractivity contribution >= 4 is 23.0 Å². The van der Waals surface area contributed by atoms with E-state index in [0.29, 0.717) is 29.0 Å². The summed E-state index contributed by atoms with van der Waals surface area (Å²) in [6.45, 7) is 2.59. The Hall–Kier alpha value is -2.16. The summed E-state index contributed by atoms with van der Waals surface area (Å²) < 4.78 is 5.40. The van der Waals surface area contributed by atoms with Crippen LogP contribution in [-0.4, -0.2) is 24.8 Å². The molecule has 0 radical (unpaired) electrons. The Morgan fingerprint density at radius 3 is 2.75 bits per heavy atom. The molecule has 2 aromatic rings. The van der Waals surface area contributed by atoms with Crippen LogP contribution in [0.15, 0.2) is 34.7 Å². The maximum absolute atomic E-state index is 9.29. The topological polar surface area (TPSA) is 72.4 Å². The minimum Gasteiger partial charge on any atom is -0.449 e. The molecule has 0 saturated carbocycles. The second-order valence-corrected chi connectivity index (χ2v) is 6.44. The van der Waals surface area contributed by atoms with E-state index in [2.05, 4.69) is 10.2 Å². The Morgan fingerprint density at radius 1 is 1.29 bits per heavy atom. The van der Waals surface area contributed by atoms with Crippen LogP contribution >= 0.6 is 11.6 Å². The van der Waals surface area contributed by atoms with Crippen molar-refractivity contribution in [2.75, 3.05) is 29.9 Å². The van der Waals surface area contributed by atoms with Crippen LogP contribution in [0.2, 0.25) is 5.02 Å². The molecule has 0 aliphatic carbocycles. The fourth-order valence-corrected chi connectivity index (χ4v) is 3.17. The highest BCUT2D eigenvalue weighted by Gasteiger charge is 2.20. The fraction of sp³-hybridized carbons (Fsp3) is 0.389. The summed E-state index contributed by atoms with van der Waals surface area (Å²) in [6, 6.07) is 11.3. The lowest BCUT2D eigenvalue weighted by atomic mass is 9.97. The third kappa shape index (κ3) is 3.84. The van der Waals surface area contributed by atoms with Crippen molar-refractivity contribution in [1.29, 1.82) is 5.26 Å². The fourth-order valence-electron chi connectivity index (χ4n) is 3.00. The Kier molecular flexibility index (Phi) is 5.29. The standard InChI is InChI=1S/C18H20ClN3O2/c19-14-1-4-18(22-7-5-13(12-23)6-8-22)17(9-14)21-11-16-3-2-15(10-20)24-16/h1-4,9,13,21,23H,5-8,11-12H2. The van der Waals surface area contributed by atoms with Gasteiger partial charge in [0.1, 0.15) is 11.8 Å². The lowest BCUT2D eigenvalue weighted by molar-refractivity contribution is 0.203. The number of nitrogens with zero attached hydrogens (tertiary/aromatic N) is 2. The van der Waals surface area contributed by atoms with Gasteiger partial charge in [0.05, 0.1) is 17.9 Å². The zero-order valence-electron chi connectivity index (χ0n) is 13.3. The summed E-state index contributed by atoms with van der Waals surface area (Å²) in [6.07, 6.45) is 1.98. The number of halogens is 1. The van der Waals surface area contributed by atoms with E-state index in [1.54, 1.807) is 12.1 Å². The van der Waals surface area contributed by atoms with E-state index in [9.17, 15) is 5.11 Å². The van der Waals surface area contributed by atoms with Crippen LogP contribution in [0.3, 0.4) is 0 Å². The second kappa shape index (κ2) is 7.61. The van der Waals surface area contributed by atoms with Gasteiger partial charge in [-0.15, -0.1) is 0 Å². The molecular formula is C18H20ClN3O2. The van der Waals surface area contributed by atoms with Crippen molar-refractivity contribution in [3.8, 4) is 6.07 Å². The number of piperidine rings is 1. The number of hydrogen-bond acceptors (Lipinski definition) is 5. The molecule has 2 N–H and O–H groups in total. The third-order valence-corrected chi connectivity index (χ3v) is 4.63. The molecule has 0 bridgehead atoms. The van der Waals surface area contributed by atoms with Gasteiger partial charge in [-0.2, -0.15) is 5.26 Å². The van der Waals surface area contributed by atoms with E-state index in [0.717, 1.165) is 37.3 Å². The molecule has 0 atom stereocenters. The monoisotopic (exact) mass is 345 g/mol. The summed E-state index contributed by atoms with van der Waals surface area (Å²) in [4.78, 5) is 2.31. The molecule has 1 aliphatic rings. The van der Waals surface area contributed by atoms with E-state index in [1.807, 2.05) is 24.3 Å². The van der Waals surface area contributed by atoms with Gasteiger partial charge in [0, 0.05) is 24.7 Å². The van der Waals surface area contributed by atoms with Crippen LogP contribution in [-0.2, 0) is 6.54 Å². The molecule has 0 unspecified atom stereocenters. The highest BCUT2D eigenvalue weighted by atomic mass is 35.5. The number of rotatable bonds is 5. The summed E-state index contributed by atoms with van der Waals surface area (Å²) in [5.41, 5.74) is 2.04. The van der Waals surface area contributed by atoms with E-state index in [1.165, 1.54) is 0 Å². The first-order valence-corrected chi connectivity index (χ1v) is 8.45. The predicted octanol–water partition coefficient (Wildman–Crippen LogP) is 3.63. The Balaban J connectivity index is 1.72. The van der Waals surface area contributed by atoms with Crippen molar-refractivity contribution in [2.24, 2.45) is 5.92 Å². The third-order valence-electron chi connectivity index (χ3n) is 4.40. The number of furan rings is 1. The van der Waals surface area contributed by atoms with Gasteiger partial charge < -0.3 is 19.7 Å². The molecule has 1 fully saturated rings. The van der Waals surface area contributed by atoms with Crippen LogP contribution in [0, 0.1) is 17.2 Å². The van der Waals surface area contributed by atoms with Crippen molar-refractivity contribution in [3.63, 3.8) is 0 Å². The zero-order chi connectivity index (χ0) is 16.9. The Labute approximate surface area is 146 Å². The maximum Gasteiger partial charge on any atom is 0.203 e. The quantitative estimate of drug-likeness (QED) is 0.865. The van der Waals surface area contributed by atoms with Crippen LogP contribution in [0.5, 0.6) is 0 Å². The maximum atomic E-state index is 9.29. The number of aliphatic hydroxyl groups excluding tert-OH is 1. The summed E-state index contributed by atoms with van der Waals surface area (Å²) in [5, 5.41) is 22.1. The molecule has 0 spiro atoms. The lowest BCUT2D eigenvalue weighted by Crippen LogP contribution is -2.35. The summed E-state index contributed by atoms with van der Waals surface area (Å²) in [5.74, 6) is 1.41. The first kappa shape index (κ1) is 16.7. The first-order valence-electron chi connectivity index (χ1n) is 8.07. The van der Waals surface area contributed by atoms with E-state index in [4.69, 9.17) is 21.3 Å². The van der Waals surface area contributed by atoms with E-state index >= 15 is 0 Å². The molecule has 1 aliphatic heterocycles. The highest BCUT2D eigenvalue weighted by molar-refractivity contribution is 6.31. The molecule has 24 heavy (non-hydrogen) atoms. The minimum atomic E-state index is 0.263. The van der Waals surface area contributed by atoms with Gasteiger partial charge in [-0.1, -0.05) is 11.6 Å². The molecule has 5 nitrogen and oxygen atoms in total. The number of hydrogen-bond donors (Lipinski definition) is 2. The molecule has 0 amide bonds. The van der Waals surface area contributed by atoms with Crippen LogP contribution < -0.4 is 10.2 Å². The SMILES string of the molecule is N#Cc1ccc(CNc2cc(Cl)ccc2N2CCC(CO)CC2)o1. The van der Waals surface area contributed by atoms with Gasteiger partial charge >= 0.3 is 0 Å². The number of benzene rings is 1. The van der Waals surface area contributed by atoms with Crippen LogP contribution in [0.4, 0.5) is 11.4 Å². The Bertz CT molecular complexity index is 730. The van der Waals surface area contributed by atoms with Crippen LogP contribution in [0.25, 0.3) is 0 Å². The molecule has 1 aromatic carbocycles. The number of nitriles is 1. The molecule has 2 heterocycles. The molecule has 1 aromatic heterocycles. The van der Waals surface area contributed by atoms with Gasteiger partial charge in [0.25, 0.3) is 0 Å². The molecule has 3 rings (SSSR count). The van der Waals surface area contributed by atoms with E-state index in [-0.39, 0.29) is 6.61 Å². The summed E-state index contributed by atoms with van der Waals surface area (Å²) >= 11 is 6.15. The minimum absolute atomic E-state index is 0.263. The number of nitrogens with one attached hydrogen (secondary N) is 1. The number of aliphatic hydroxyl groups is 1. The van der Waals surface area contributed by atoms with Crippen LogP contribution in [0.1, 0.15) is 24.4 Å². The van der Waals surface area contributed by atoms with Gasteiger partial charge in [-0.3, -0.25) is 0 Å². The largest absolute Gasteiger partial charge is 0.449 e. The average molecular weight is 346 g/mol. The highest BCUT2D eigenvalue weighted by Crippen LogP contribution is 2.32. The van der Waals surface area contributed by atoms with Gasteiger partial charge in [0.15, 0.2) is 0 Å². The van der Waals surface area contributed by atoms with Crippen molar-refractivity contribution in [2.45, 2.75) is 19.4 Å². The molecule has 1 saturated heterocycles. The lowest BCUT2D eigenvalue weighted by Gasteiger charge is -2.34. The normalized spacial score (nSPS) is 15.3. The van der Waals surface area contributed by atoms with E-state index < -0.39 is 0 Å². The second-order valence-electron chi connectivity index (χ2n) is 6.01. The first-order chi connectivity index (χ1) is 11.7. The smallest absolute Gasteiger partial charge is 0.203 e. The van der Waals surface area contributed by atoms with Gasteiger partial charge in [-0.25, -0.2) is 0 Å². The van der Waals surface area contributed by atoms with Crippen molar-refractivity contribution in [1.82, 2.24) is 0 Å². The van der Waals surface area contributed by atoms with Crippen molar-refractivity contribution in [3.05, 3.63) is 46.9 Å². The number of anilines is 2. The average Bonchev–Trinajstić information content (AvgIpc) is 3.08. The predicted molar refractivity (Wildman–Crippen MR) is 94.2 cm³/mol. The summed E-state index contributed by atoms with van der Waals surface area (Å²) in [7, 11) is 0.